The van der Waals surface area contributed by atoms with E-state index >= 15 is 0 Å². The average Bonchev–Trinajstić information content (AvgIpc) is 2.16. The van der Waals surface area contributed by atoms with Crippen LogP contribution in [0.2, 0.25) is 0 Å². The summed E-state index contributed by atoms with van der Waals surface area (Å²) in [4.78, 5) is 0. The molecule has 0 aliphatic carbocycles. The summed E-state index contributed by atoms with van der Waals surface area (Å²) in [5, 5.41) is 20.2. The van der Waals surface area contributed by atoms with Crippen LogP contribution in [0.4, 0.5) is 15.8 Å². The molecule has 78 valence electrons. The molecule has 0 amide bonds. The Bertz CT molecular complexity index is 307. The number of aliphatic hydroxyl groups is 2. The molecule has 1 unspecified atom stereocenters. The van der Waals surface area contributed by atoms with Gasteiger partial charge in [0.05, 0.1) is 18.4 Å². The van der Waals surface area contributed by atoms with Crippen LogP contribution in [0.3, 0.4) is 0 Å². The van der Waals surface area contributed by atoms with Crippen molar-refractivity contribution >= 4 is 11.4 Å². The monoisotopic (exact) mass is 200 g/mol. The molecule has 0 bridgehead atoms. The standard InChI is InChI=1S/C9H13FN2O2/c10-8-3-6(11)1-2-9(8)12-4-7(14)5-13/h1-3,7,12-14H,4-5,11H2. The number of aliphatic hydroxyl groups excluding tert-OH is 2. The zero-order valence-corrected chi connectivity index (χ0v) is 7.57. The van der Waals surface area contributed by atoms with Gasteiger partial charge >= 0.3 is 0 Å². The van der Waals surface area contributed by atoms with E-state index in [1.54, 1.807) is 6.07 Å². The fourth-order valence-electron chi connectivity index (χ4n) is 0.967. The summed E-state index contributed by atoms with van der Waals surface area (Å²) in [6.45, 7) is -0.263. The first kappa shape index (κ1) is 10.7. The van der Waals surface area contributed by atoms with E-state index in [2.05, 4.69) is 5.32 Å². The normalized spacial score (nSPS) is 12.5. The van der Waals surface area contributed by atoms with E-state index in [9.17, 15) is 4.39 Å². The molecule has 1 aromatic rings. The lowest BCUT2D eigenvalue weighted by Gasteiger charge is -2.10. The van der Waals surface area contributed by atoms with E-state index < -0.39 is 11.9 Å². The van der Waals surface area contributed by atoms with Crippen LogP contribution in [0.5, 0.6) is 0 Å². The molecule has 0 fully saturated rings. The molecule has 5 heteroatoms. The first-order valence-electron chi connectivity index (χ1n) is 4.21. The minimum absolute atomic E-state index is 0.0946. The number of halogens is 1. The Hall–Kier alpha value is -1.33. The van der Waals surface area contributed by atoms with Gasteiger partial charge in [0.25, 0.3) is 0 Å². The number of nitrogens with two attached hydrogens (primary N) is 1. The van der Waals surface area contributed by atoms with Gasteiger partial charge in [-0.2, -0.15) is 0 Å². The first-order chi connectivity index (χ1) is 6.63. The van der Waals surface area contributed by atoms with E-state index in [1.165, 1.54) is 12.1 Å². The quantitative estimate of drug-likeness (QED) is 0.522. The predicted octanol–water partition coefficient (Wildman–Crippen LogP) is 0.173. The van der Waals surface area contributed by atoms with Crippen LogP contribution in [0, 0.1) is 5.82 Å². The Morgan fingerprint density at radius 3 is 2.79 bits per heavy atom. The molecular weight excluding hydrogens is 187 g/mol. The molecule has 0 saturated carbocycles. The topological polar surface area (TPSA) is 78.5 Å². The molecule has 0 radical (unpaired) electrons. The third-order valence-corrected chi connectivity index (χ3v) is 1.73. The molecule has 0 aliphatic rings. The summed E-state index contributed by atoms with van der Waals surface area (Å²) in [7, 11) is 0. The van der Waals surface area contributed by atoms with Gasteiger partial charge in [-0.1, -0.05) is 0 Å². The van der Waals surface area contributed by atoms with Crippen LogP contribution in [0.15, 0.2) is 18.2 Å². The van der Waals surface area contributed by atoms with Crippen LogP contribution in [0.1, 0.15) is 0 Å². The summed E-state index contributed by atoms with van der Waals surface area (Å²) in [5.74, 6) is -0.477. The van der Waals surface area contributed by atoms with Gasteiger partial charge in [0.1, 0.15) is 5.82 Å². The molecule has 0 aliphatic heterocycles. The highest BCUT2D eigenvalue weighted by atomic mass is 19.1. The highest BCUT2D eigenvalue weighted by Gasteiger charge is 2.04. The molecule has 0 saturated heterocycles. The number of nitrogen functional groups attached to an aromatic ring is 1. The number of nitrogens with one attached hydrogen (secondary N) is 1. The summed E-state index contributed by atoms with van der Waals surface area (Å²) >= 11 is 0. The Labute approximate surface area is 81.2 Å². The van der Waals surface area contributed by atoms with Crippen molar-refractivity contribution in [3.63, 3.8) is 0 Å². The maximum atomic E-state index is 13.1. The molecule has 4 nitrogen and oxygen atoms in total. The molecule has 1 aromatic carbocycles. The predicted molar refractivity (Wildman–Crippen MR) is 52.4 cm³/mol. The third kappa shape index (κ3) is 2.86. The summed E-state index contributed by atoms with van der Waals surface area (Å²) < 4.78 is 13.1. The van der Waals surface area contributed by atoms with Gasteiger partial charge < -0.3 is 21.3 Å². The smallest absolute Gasteiger partial charge is 0.148 e. The van der Waals surface area contributed by atoms with E-state index in [0.717, 1.165) is 0 Å². The van der Waals surface area contributed by atoms with Crippen LogP contribution >= 0.6 is 0 Å². The number of anilines is 2. The van der Waals surface area contributed by atoms with Crippen LogP contribution < -0.4 is 11.1 Å². The minimum Gasteiger partial charge on any atom is -0.399 e. The van der Waals surface area contributed by atoms with Crippen LogP contribution in [-0.2, 0) is 0 Å². The van der Waals surface area contributed by atoms with Gasteiger partial charge in [-0.05, 0) is 18.2 Å². The van der Waals surface area contributed by atoms with Crippen molar-refractivity contribution in [2.24, 2.45) is 0 Å². The minimum atomic E-state index is -0.896. The van der Waals surface area contributed by atoms with Crippen molar-refractivity contribution in [3.8, 4) is 0 Å². The maximum Gasteiger partial charge on any atom is 0.148 e. The van der Waals surface area contributed by atoms with E-state index in [-0.39, 0.29) is 18.8 Å². The third-order valence-electron chi connectivity index (χ3n) is 1.73. The number of hydrogen-bond acceptors (Lipinski definition) is 4. The highest BCUT2D eigenvalue weighted by Crippen LogP contribution is 2.16. The molecule has 1 rings (SSSR count). The Balaban J connectivity index is 2.59. The van der Waals surface area contributed by atoms with Crippen molar-refractivity contribution in [2.75, 3.05) is 24.2 Å². The lowest BCUT2D eigenvalue weighted by molar-refractivity contribution is 0.105. The van der Waals surface area contributed by atoms with Gasteiger partial charge in [0.15, 0.2) is 0 Å². The Kier molecular flexibility index (Phi) is 3.67. The Morgan fingerprint density at radius 1 is 1.50 bits per heavy atom. The average molecular weight is 200 g/mol. The van der Waals surface area contributed by atoms with Crippen molar-refractivity contribution < 1.29 is 14.6 Å². The summed E-state index contributed by atoms with van der Waals surface area (Å²) in [5.41, 5.74) is 5.95. The Morgan fingerprint density at radius 2 is 2.21 bits per heavy atom. The molecule has 0 aromatic heterocycles. The fraction of sp³-hybridized carbons (Fsp3) is 0.333. The second-order valence-electron chi connectivity index (χ2n) is 2.96. The maximum absolute atomic E-state index is 13.1. The SMILES string of the molecule is Nc1ccc(NCC(O)CO)c(F)c1. The zero-order chi connectivity index (χ0) is 10.6. The van der Waals surface area contributed by atoms with Crippen molar-refractivity contribution in [3.05, 3.63) is 24.0 Å². The summed E-state index contributed by atoms with van der Waals surface area (Å²) in [6.07, 6.45) is -0.896. The van der Waals surface area contributed by atoms with Crippen LogP contribution in [0.25, 0.3) is 0 Å². The number of hydrogen-bond donors (Lipinski definition) is 4. The number of rotatable bonds is 4. The highest BCUT2D eigenvalue weighted by molar-refractivity contribution is 5.52. The van der Waals surface area contributed by atoms with Crippen molar-refractivity contribution in [2.45, 2.75) is 6.10 Å². The van der Waals surface area contributed by atoms with Crippen LogP contribution in [-0.4, -0.2) is 29.5 Å². The fourth-order valence-corrected chi connectivity index (χ4v) is 0.967. The molecular formula is C9H13FN2O2. The first-order valence-corrected chi connectivity index (χ1v) is 4.21. The lowest BCUT2D eigenvalue weighted by Crippen LogP contribution is -2.23. The zero-order valence-electron chi connectivity index (χ0n) is 7.57. The lowest BCUT2D eigenvalue weighted by atomic mass is 10.2. The molecule has 14 heavy (non-hydrogen) atoms. The van der Waals surface area contributed by atoms with Gasteiger partial charge in [-0.3, -0.25) is 0 Å². The van der Waals surface area contributed by atoms with Gasteiger partial charge in [0, 0.05) is 12.2 Å². The number of benzene rings is 1. The van der Waals surface area contributed by atoms with Crippen molar-refractivity contribution in [1.82, 2.24) is 0 Å². The second kappa shape index (κ2) is 4.78. The molecule has 1 atom stereocenters. The van der Waals surface area contributed by atoms with Gasteiger partial charge in [-0.15, -0.1) is 0 Å². The van der Waals surface area contributed by atoms with E-state index in [4.69, 9.17) is 15.9 Å². The van der Waals surface area contributed by atoms with Gasteiger partial charge in [-0.25, -0.2) is 4.39 Å². The molecule has 5 N–H and O–H groups in total. The molecule has 0 spiro atoms. The van der Waals surface area contributed by atoms with E-state index in [0.29, 0.717) is 5.69 Å². The molecule has 0 heterocycles. The largest absolute Gasteiger partial charge is 0.399 e. The van der Waals surface area contributed by atoms with Crippen molar-refractivity contribution in [1.29, 1.82) is 0 Å². The van der Waals surface area contributed by atoms with E-state index in [1.807, 2.05) is 0 Å². The summed E-state index contributed by atoms with van der Waals surface area (Å²) in [6, 6.07) is 4.22. The second-order valence-corrected chi connectivity index (χ2v) is 2.96. The van der Waals surface area contributed by atoms with Gasteiger partial charge in [0.2, 0.25) is 0 Å².